The van der Waals surface area contributed by atoms with Crippen molar-refractivity contribution in [2.45, 2.75) is 95.0 Å². The van der Waals surface area contributed by atoms with E-state index in [1.807, 2.05) is 39.0 Å². The van der Waals surface area contributed by atoms with Gasteiger partial charge in [0, 0.05) is 24.2 Å². The molecule has 0 amide bonds. The summed E-state index contributed by atoms with van der Waals surface area (Å²) in [6, 6.07) is 18.1. The third-order valence-electron chi connectivity index (χ3n) is 7.74. The lowest BCUT2D eigenvalue weighted by atomic mass is 9.79. The number of hydrogen-bond acceptors (Lipinski definition) is 6. The number of ether oxygens (including phenoxy) is 2. The Hall–Kier alpha value is -3.86. The predicted molar refractivity (Wildman–Crippen MR) is 166 cm³/mol. The van der Waals surface area contributed by atoms with Gasteiger partial charge in [0.25, 0.3) is 10.0 Å². The Balaban J connectivity index is 1.65. The first-order chi connectivity index (χ1) is 21.3. The average Bonchev–Trinajstić information content (AvgIpc) is 2.98. The van der Waals surface area contributed by atoms with E-state index in [-0.39, 0.29) is 11.8 Å². The topological polar surface area (TPSA) is 94.6 Å². The van der Waals surface area contributed by atoms with Gasteiger partial charge < -0.3 is 9.47 Å². The van der Waals surface area contributed by atoms with Gasteiger partial charge in [-0.1, -0.05) is 62.7 Å². The van der Waals surface area contributed by atoms with Crippen LogP contribution < -0.4 is 4.72 Å². The molecule has 0 saturated carbocycles. The molecule has 1 aliphatic heterocycles. The van der Waals surface area contributed by atoms with Crippen LogP contribution in [0.3, 0.4) is 0 Å². The molecular weight excluding hydrogens is 605 g/mol. The van der Waals surface area contributed by atoms with Gasteiger partial charge in [-0.15, -0.1) is 0 Å². The Labute approximate surface area is 262 Å². The fourth-order valence-corrected chi connectivity index (χ4v) is 6.71. The summed E-state index contributed by atoms with van der Waals surface area (Å²) in [5, 5.41) is -0.554. The number of hydrogen-bond donors (Lipinski definition) is 1. The van der Waals surface area contributed by atoms with Crippen molar-refractivity contribution in [3.8, 4) is 0 Å². The fourth-order valence-electron chi connectivity index (χ4n) is 5.73. The van der Waals surface area contributed by atoms with Crippen molar-refractivity contribution in [3.63, 3.8) is 0 Å². The quantitative estimate of drug-likeness (QED) is 0.189. The minimum absolute atomic E-state index is 0.173. The molecule has 242 valence electrons. The van der Waals surface area contributed by atoms with Gasteiger partial charge in [-0.2, -0.15) is 21.6 Å². The number of anilines is 1. The van der Waals surface area contributed by atoms with Gasteiger partial charge in [0.15, 0.2) is 5.03 Å². The number of aromatic nitrogens is 1. The molecule has 4 rings (SSSR count). The third kappa shape index (κ3) is 8.45. The number of sulfonamides is 1. The highest BCUT2D eigenvalue weighted by atomic mass is 32.2. The van der Waals surface area contributed by atoms with Crippen molar-refractivity contribution in [1.82, 2.24) is 4.98 Å². The molecule has 2 heterocycles. The van der Waals surface area contributed by atoms with E-state index < -0.39 is 44.3 Å². The predicted octanol–water partition coefficient (Wildman–Crippen LogP) is 8.19. The summed E-state index contributed by atoms with van der Waals surface area (Å²) < 4.78 is 79.8. The summed E-state index contributed by atoms with van der Waals surface area (Å²) >= 11 is 0. The van der Waals surface area contributed by atoms with Crippen LogP contribution in [0.1, 0.15) is 82.4 Å². The Bertz CT molecular complexity index is 1610. The Morgan fingerprint density at radius 1 is 1.02 bits per heavy atom. The van der Waals surface area contributed by atoms with Crippen LogP contribution in [0.15, 0.2) is 89.3 Å². The zero-order valence-electron chi connectivity index (χ0n) is 25.9. The second-order valence-electron chi connectivity index (χ2n) is 11.6. The minimum Gasteiger partial charge on any atom is -0.495 e. The van der Waals surface area contributed by atoms with Crippen LogP contribution in [0, 0.1) is 0 Å². The van der Waals surface area contributed by atoms with Crippen LogP contribution >= 0.6 is 0 Å². The van der Waals surface area contributed by atoms with Crippen LogP contribution in [0.2, 0.25) is 0 Å². The van der Waals surface area contributed by atoms with Crippen molar-refractivity contribution < 1.29 is 35.9 Å². The summed E-state index contributed by atoms with van der Waals surface area (Å²) in [5.41, 5.74) is 0.614. The number of benzene rings is 2. The molecule has 2 aromatic carbocycles. The number of nitrogens with one attached hydrogen (secondary N) is 1. The Morgan fingerprint density at radius 2 is 1.76 bits per heavy atom. The summed E-state index contributed by atoms with van der Waals surface area (Å²) in [6.45, 7) is 7.79. The second-order valence-corrected chi connectivity index (χ2v) is 13.2. The lowest BCUT2D eigenvalue weighted by Crippen LogP contribution is -2.42. The SMILES string of the molecule is CCC[C@@]1(CCc2ccccc2)CC(OC(C)C)=C([C@H](CC)c2cccc(NS(=O)(=O)c3ccc(C(F)(F)F)cn3)c2)C(=O)O1. The molecule has 2 atom stereocenters. The Kier molecular flexibility index (Phi) is 10.6. The van der Waals surface area contributed by atoms with Gasteiger partial charge in [-0.05, 0) is 74.9 Å². The molecule has 1 aromatic heterocycles. The molecule has 0 aliphatic carbocycles. The second kappa shape index (κ2) is 14.1. The van der Waals surface area contributed by atoms with Crippen LogP contribution in [-0.2, 0) is 36.9 Å². The molecule has 1 aliphatic rings. The Morgan fingerprint density at radius 3 is 2.36 bits per heavy atom. The maximum atomic E-state index is 13.9. The van der Waals surface area contributed by atoms with E-state index in [1.165, 1.54) is 6.07 Å². The van der Waals surface area contributed by atoms with Gasteiger partial charge in [0.05, 0.1) is 17.2 Å². The zero-order chi connectivity index (χ0) is 32.8. The number of alkyl halides is 3. The van der Waals surface area contributed by atoms with E-state index in [1.54, 1.807) is 18.2 Å². The van der Waals surface area contributed by atoms with Crippen molar-refractivity contribution in [3.05, 3.63) is 101 Å². The monoisotopic (exact) mass is 644 g/mol. The number of cyclic esters (lactones) is 1. The first kappa shape index (κ1) is 34.0. The highest BCUT2D eigenvalue weighted by Gasteiger charge is 2.44. The van der Waals surface area contributed by atoms with E-state index in [9.17, 15) is 26.4 Å². The van der Waals surface area contributed by atoms with E-state index in [0.717, 1.165) is 24.5 Å². The van der Waals surface area contributed by atoms with Crippen molar-refractivity contribution in [1.29, 1.82) is 0 Å². The summed E-state index contributed by atoms with van der Waals surface area (Å²) in [6.07, 6.45) is -0.555. The molecule has 0 bridgehead atoms. The maximum Gasteiger partial charge on any atom is 0.417 e. The smallest absolute Gasteiger partial charge is 0.417 e. The molecule has 11 heteroatoms. The van der Waals surface area contributed by atoms with E-state index in [4.69, 9.17) is 9.47 Å². The van der Waals surface area contributed by atoms with Crippen LogP contribution in [0.25, 0.3) is 0 Å². The van der Waals surface area contributed by atoms with Crippen LogP contribution in [-0.4, -0.2) is 31.1 Å². The largest absolute Gasteiger partial charge is 0.495 e. The van der Waals surface area contributed by atoms with Crippen molar-refractivity contribution in [2.24, 2.45) is 0 Å². The van der Waals surface area contributed by atoms with E-state index in [0.29, 0.717) is 54.8 Å². The lowest BCUT2D eigenvalue weighted by Gasteiger charge is -2.40. The van der Waals surface area contributed by atoms with Gasteiger partial charge in [-0.3, -0.25) is 4.72 Å². The van der Waals surface area contributed by atoms with Crippen molar-refractivity contribution in [2.75, 3.05) is 4.72 Å². The molecular formula is C34H39F3N2O5S. The fraction of sp³-hybridized carbons (Fsp3) is 0.412. The first-order valence-electron chi connectivity index (χ1n) is 15.1. The first-order valence-corrected chi connectivity index (χ1v) is 16.6. The molecule has 0 unspecified atom stereocenters. The number of aryl methyl sites for hydroxylation is 1. The maximum absolute atomic E-state index is 13.9. The highest BCUT2D eigenvalue weighted by Crippen LogP contribution is 2.43. The summed E-state index contributed by atoms with van der Waals surface area (Å²) in [4.78, 5) is 17.4. The van der Waals surface area contributed by atoms with Gasteiger partial charge in [-0.25, -0.2) is 9.78 Å². The highest BCUT2D eigenvalue weighted by molar-refractivity contribution is 7.92. The molecule has 45 heavy (non-hydrogen) atoms. The number of carbonyl (C=O) groups is 1. The molecule has 3 aromatic rings. The van der Waals surface area contributed by atoms with E-state index in [2.05, 4.69) is 28.8 Å². The number of carbonyl (C=O) groups excluding carboxylic acids is 1. The number of esters is 1. The zero-order valence-corrected chi connectivity index (χ0v) is 26.7. The molecule has 7 nitrogen and oxygen atoms in total. The summed E-state index contributed by atoms with van der Waals surface area (Å²) in [5.74, 6) is -0.339. The molecule has 0 spiro atoms. The van der Waals surface area contributed by atoms with Gasteiger partial charge in [0.1, 0.15) is 11.4 Å². The minimum atomic E-state index is -4.64. The number of pyridine rings is 1. The lowest BCUT2D eigenvalue weighted by molar-refractivity contribution is -0.162. The summed E-state index contributed by atoms with van der Waals surface area (Å²) in [7, 11) is -4.29. The molecule has 0 fully saturated rings. The standard InChI is InChI=1S/C34H39F3N2O5S/c1-5-18-33(19-17-24-11-8-7-9-12-24)21-29(43-23(3)4)31(32(40)44-33)28(6-2)25-13-10-14-27(20-25)39-45(41,42)30-16-15-26(22-38-30)34(35,36)37/h7-16,20,22-23,28,39H,5-6,17-19,21H2,1-4H3/t28-,33-/m1/s1. The molecule has 0 radical (unpaired) electrons. The van der Waals surface area contributed by atoms with Crippen molar-refractivity contribution >= 4 is 21.7 Å². The van der Waals surface area contributed by atoms with Crippen LogP contribution in [0.4, 0.5) is 18.9 Å². The van der Waals surface area contributed by atoms with Crippen LogP contribution in [0.5, 0.6) is 0 Å². The van der Waals surface area contributed by atoms with Gasteiger partial charge in [0.2, 0.25) is 0 Å². The number of halogens is 3. The normalized spacial score (nSPS) is 18.1. The average molecular weight is 645 g/mol. The number of rotatable bonds is 13. The molecule has 1 N–H and O–H groups in total. The molecule has 0 saturated heterocycles. The van der Waals surface area contributed by atoms with Gasteiger partial charge >= 0.3 is 12.1 Å². The number of nitrogens with zero attached hydrogens (tertiary/aromatic N) is 1. The third-order valence-corrected chi connectivity index (χ3v) is 9.04. The van der Waals surface area contributed by atoms with E-state index >= 15 is 0 Å².